The van der Waals surface area contributed by atoms with Gasteiger partial charge in [-0.15, -0.1) is 0 Å². The Morgan fingerprint density at radius 2 is 2.07 bits per heavy atom. The molecule has 2 nitrogen and oxygen atoms in total. The van der Waals surface area contributed by atoms with Gasteiger partial charge in [0.25, 0.3) is 5.91 Å². The Kier molecular flexibility index (Phi) is 4.17. The summed E-state index contributed by atoms with van der Waals surface area (Å²) in [6, 6.07) is 5.40. The smallest absolute Gasteiger partial charge is 0.253 e. The van der Waals surface area contributed by atoms with Crippen LogP contribution in [-0.4, -0.2) is 23.9 Å². The highest BCUT2D eigenvalue weighted by Gasteiger charge is 2.14. The van der Waals surface area contributed by atoms with E-state index in [0.717, 1.165) is 4.47 Å². The Balaban J connectivity index is 2.97. The molecule has 82 valence electrons. The highest BCUT2D eigenvalue weighted by molar-refractivity contribution is 9.10. The van der Waals surface area contributed by atoms with Crippen LogP contribution < -0.4 is 0 Å². The van der Waals surface area contributed by atoms with Crippen molar-refractivity contribution in [3.05, 3.63) is 33.3 Å². The summed E-state index contributed by atoms with van der Waals surface area (Å²) in [4.78, 5) is 13.6. The molecule has 0 aliphatic heterocycles. The normalized spacial score (nSPS) is 10.5. The fourth-order valence-electron chi connectivity index (χ4n) is 1.07. The van der Waals surface area contributed by atoms with Gasteiger partial charge in [-0.05, 0) is 48.0 Å². The molecular weight excluding hydrogens is 277 g/mol. The molecule has 1 aromatic carbocycles. The van der Waals surface area contributed by atoms with Crippen molar-refractivity contribution >= 4 is 33.4 Å². The average Bonchev–Trinajstić information content (AvgIpc) is 2.19. The zero-order chi connectivity index (χ0) is 11.6. The first-order chi connectivity index (χ1) is 6.93. The first kappa shape index (κ1) is 12.5. The van der Waals surface area contributed by atoms with E-state index in [0.29, 0.717) is 10.6 Å². The minimum absolute atomic E-state index is 0.0144. The highest BCUT2D eigenvalue weighted by atomic mass is 79.9. The minimum Gasteiger partial charge on any atom is -0.339 e. The molecular formula is C11H13BrClNO. The van der Waals surface area contributed by atoms with E-state index in [-0.39, 0.29) is 11.9 Å². The Labute approximate surface area is 103 Å². The molecule has 15 heavy (non-hydrogen) atoms. The lowest BCUT2D eigenvalue weighted by Gasteiger charge is -2.21. The van der Waals surface area contributed by atoms with E-state index in [1.165, 1.54) is 0 Å². The van der Waals surface area contributed by atoms with Crippen LogP contribution in [0.2, 0.25) is 5.02 Å². The maximum absolute atomic E-state index is 11.9. The van der Waals surface area contributed by atoms with Gasteiger partial charge in [0.2, 0.25) is 0 Å². The molecule has 0 aliphatic rings. The summed E-state index contributed by atoms with van der Waals surface area (Å²) in [7, 11) is 1.78. The molecule has 0 bridgehead atoms. The van der Waals surface area contributed by atoms with Gasteiger partial charge in [-0.2, -0.15) is 0 Å². The van der Waals surface area contributed by atoms with E-state index in [1.807, 2.05) is 13.8 Å². The molecule has 0 saturated carbocycles. The Hall–Kier alpha value is -0.540. The van der Waals surface area contributed by atoms with E-state index in [2.05, 4.69) is 15.9 Å². The Bertz CT molecular complexity index is 379. The van der Waals surface area contributed by atoms with E-state index < -0.39 is 0 Å². The number of halogens is 2. The maximum atomic E-state index is 11.9. The second-order valence-electron chi connectivity index (χ2n) is 3.64. The fraction of sp³-hybridized carbons (Fsp3) is 0.364. The fourth-order valence-corrected chi connectivity index (χ4v) is 1.49. The Morgan fingerprint density at radius 1 is 1.47 bits per heavy atom. The van der Waals surface area contributed by atoms with Crippen LogP contribution >= 0.6 is 27.5 Å². The van der Waals surface area contributed by atoms with E-state index >= 15 is 0 Å². The van der Waals surface area contributed by atoms with Gasteiger partial charge < -0.3 is 4.90 Å². The number of carbonyl (C=O) groups is 1. The number of hydrogen-bond acceptors (Lipinski definition) is 1. The summed E-state index contributed by atoms with van der Waals surface area (Å²) < 4.78 is 0.799. The van der Waals surface area contributed by atoms with E-state index in [4.69, 9.17) is 11.6 Å². The zero-order valence-electron chi connectivity index (χ0n) is 8.92. The van der Waals surface area contributed by atoms with Gasteiger partial charge in [-0.3, -0.25) is 4.79 Å². The summed E-state index contributed by atoms with van der Waals surface area (Å²) in [5, 5.41) is 0.554. The Morgan fingerprint density at radius 3 is 2.53 bits per heavy atom. The number of benzene rings is 1. The van der Waals surface area contributed by atoms with Gasteiger partial charge in [0.1, 0.15) is 0 Å². The predicted octanol–water partition coefficient (Wildman–Crippen LogP) is 3.58. The lowest BCUT2D eigenvalue weighted by molar-refractivity contribution is 0.0755. The van der Waals surface area contributed by atoms with E-state index in [9.17, 15) is 4.79 Å². The molecule has 0 unspecified atom stereocenters. The number of amides is 1. The summed E-state index contributed by atoms with van der Waals surface area (Å²) in [6.45, 7) is 3.94. The van der Waals surface area contributed by atoms with Crippen molar-refractivity contribution in [3.63, 3.8) is 0 Å². The topological polar surface area (TPSA) is 20.3 Å². The molecule has 0 aliphatic carbocycles. The van der Waals surface area contributed by atoms with Crippen molar-refractivity contribution in [2.24, 2.45) is 0 Å². The molecule has 0 spiro atoms. The van der Waals surface area contributed by atoms with Crippen molar-refractivity contribution in [2.45, 2.75) is 19.9 Å². The molecule has 0 heterocycles. The van der Waals surface area contributed by atoms with Gasteiger partial charge in [0, 0.05) is 23.1 Å². The summed E-state index contributed by atoms with van der Waals surface area (Å²) in [5.41, 5.74) is 0.611. The van der Waals surface area contributed by atoms with Crippen LogP contribution in [0.3, 0.4) is 0 Å². The number of carbonyl (C=O) groups excluding carboxylic acids is 1. The molecule has 0 fully saturated rings. The maximum Gasteiger partial charge on any atom is 0.253 e. The number of rotatable bonds is 2. The van der Waals surface area contributed by atoms with Crippen molar-refractivity contribution < 1.29 is 4.79 Å². The third-order valence-electron chi connectivity index (χ3n) is 2.26. The van der Waals surface area contributed by atoms with Crippen LogP contribution in [0.25, 0.3) is 0 Å². The molecule has 0 radical (unpaired) electrons. The van der Waals surface area contributed by atoms with Gasteiger partial charge in [0.05, 0.1) is 5.02 Å². The van der Waals surface area contributed by atoms with Crippen molar-refractivity contribution in [1.82, 2.24) is 4.90 Å². The first-order valence-electron chi connectivity index (χ1n) is 4.65. The summed E-state index contributed by atoms with van der Waals surface area (Å²) in [5.74, 6) is -0.0144. The minimum atomic E-state index is -0.0144. The molecule has 0 N–H and O–H groups in total. The van der Waals surface area contributed by atoms with Gasteiger partial charge >= 0.3 is 0 Å². The molecule has 0 saturated heterocycles. The van der Waals surface area contributed by atoms with Crippen LogP contribution in [0, 0.1) is 0 Å². The van der Waals surface area contributed by atoms with Gasteiger partial charge in [-0.1, -0.05) is 11.6 Å². The lowest BCUT2D eigenvalue weighted by atomic mass is 10.2. The lowest BCUT2D eigenvalue weighted by Crippen LogP contribution is -2.32. The molecule has 1 rings (SSSR count). The SMILES string of the molecule is CC(C)N(C)C(=O)c1ccc(Br)c(Cl)c1. The molecule has 1 amide bonds. The molecule has 4 heteroatoms. The van der Waals surface area contributed by atoms with Crippen LogP contribution in [0.5, 0.6) is 0 Å². The molecule has 1 aromatic rings. The predicted molar refractivity (Wildman–Crippen MR) is 66.4 cm³/mol. The monoisotopic (exact) mass is 289 g/mol. The highest BCUT2D eigenvalue weighted by Crippen LogP contribution is 2.23. The largest absolute Gasteiger partial charge is 0.339 e. The first-order valence-corrected chi connectivity index (χ1v) is 5.82. The molecule has 0 atom stereocenters. The second-order valence-corrected chi connectivity index (χ2v) is 4.90. The van der Waals surface area contributed by atoms with Crippen molar-refractivity contribution in [2.75, 3.05) is 7.05 Å². The van der Waals surface area contributed by atoms with Crippen LogP contribution in [-0.2, 0) is 0 Å². The van der Waals surface area contributed by atoms with Crippen LogP contribution in [0.1, 0.15) is 24.2 Å². The van der Waals surface area contributed by atoms with Crippen LogP contribution in [0.15, 0.2) is 22.7 Å². The van der Waals surface area contributed by atoms with Gasteiger partial charge in [-0.25, -0.2) is 0 Å². The number of nitrogens with zero attached hydrogens (tertiary/aromatic N) is 1. The van der Waals surface area contributed by atoms with E-state index in [1.54, 1.807) is 30.1 Å². The average molecular weight is 291 g/mol. The summed E-state index contributed by atoms with van der Waals surface area (Å²) >= 11 is 9.21. The third kappa shape index (κ3) is 2.95. The van der Waals surface area contributed by atoms with Crippen LogP contribution in [0.4, 0.5) is 0 Å². The van der Waals surface area contributed by atoms with Crippen molar-refractivity contribution in [3.8, 4) is 0 Å². The standard InChI is InChI=1S/C11H13BrClNO/c1-7(2)14(3)11(15)8-4-5-9(12)10(13)6-8/h4-7H,1-3H3. The third-order valence-corrected chi connectivity index (χ3v) is 3.49. The quantitative estimate of drug-likeness (QED) is 0.815. The molecule has 0 aromatic heterocycles. The zero-order valence-corrected chi connectivity index (χ0v) is 11.3. The van der Waals surface area contributed by atoms with Crippen molar-refractivity contribution in [1.29, 1.82) is 0 Å². The van der Waals surface area contributed by atoms with Gasteiger partial charge in [0.15, 0.2) is 0 Å². The summed E-state index contributed by atoms with van der Waals surface area (Å²) in [6.07, 6.45) is 0. The number of hydrogen-bond donors (Lipinski definition) is 0. The second kappa shape index (κ2) is 4.99.